The summed E-state index contributed by atoms with van der Waals surface area (Å²) < 4.78 is 0. The molecule has 0 radical (unpaired) electrons. The van der Waals surface area contributed by atoms with E-state index in [4.69, 9.17) is 5.11 Å². The second-order valence-electron chi connectivity index (χ2n) is 3.58. The summed E-state index contributed by atoms with van der Waals surface area (Å²) in [5.74, 6) is 0.246. The molecule has 0 aromatic rings. The lowest BCUT2D eigenvalue weighted by Crippen LogP contribution is -2.03. The Kier molecular flexibility index (Phi) is 4.76. The average Bonchev–Trinajstić information content (AvgIpc) is 2.42. The summed E-state index contributed by atoms with van der Waals surface area (Å²) in [6, 6.07) is 0. The third kappa shape index (κ3) is 3.73. The number of rotatable bonds is 4. The molecule has 1 aliphatic rings. The van der Waals surface area contributed by atoms with Crippen LogP contribution in [-0.4, -0.2) is 17.5 Å². The fourth-order valence-corrected chi connectivity index (χ4v) is 1.67. The lowest BCUT2D eigenvalue weighted by molar-refractivity contribution is -0.116. The zero-order valence-corrected chi connectivity index (χ0v) is 8.09. The standard InChI is InChI=1S/C11H18O2/c12-9-5-8-11(13)10-6-3-1-2-4-7-10/h6,12H,1-5,7-9H2. The van der Waals surface area contributed by atoms with E-state index in [1.54, 1.807) is 0 Å². The molecule has 0 bridgehead atoms. The summed E-state index contributed by atoms with van der Waals surface area (Å²) in [5.41, 5.74) is 1.01. The highest BCUT2D eigenvalue weighted by Crippen LogP contribution is 2.19. The topological polar surface area (TPSA) is 37.3 Å². The minimum Gasteiger partial charge on any atom is -0.396 e. The second-order valence-corrected chi connectivity index (χ2v) is 3.58. The highest BCUT2D eigenvalue weighted by molar-refractivity contribution is 5.95. The molecule has 0 saturated heterocycles. The molecule has 0 saturated carbocycles. The van der Waals surface area contributed by atoms with Crippen LogP contribution in [0.4, 0.5) is 0 Å². The van der Waals surface area contributed by atoms with Crippen LogP contribution in [0.25, 0.3) is 0 Å². The predicted octanol–water partition coefficient (Wildman–Crippen LogP) is 2.22. The molecule has 0 aromatic heterocycles. The maximum absolute atomic E-state index is 11.5. The Morgan fingerprint density at radius 3 is 3.00 bits per heavy atom. The number of hydrogen-bond donors (Lipinski definition) is 1. The molecule has 1 aliphatic carbocycles. The van der Waals surface area contributed by atoms with Crippen LogP contribution in [0, 0.1) is 0 Å². The predicted molar refractivity (Wildman–Crippen MR) is 52.5 cm³/mol. The van der Waals surface area contributed by atoms with Gasteiger partial charge in [-0.2, -0.15) is 0 Å². The highest BCUT2D eigenvalue weighted by atomic mass is 16.3. The smallest absolute Gasteiger partial charge is 0.158 e. The first kappa shape index (κ1) is 10.5. The molecule has 0 amide bonds. The molecule has 1 rings (SSSR count). The van der Waals surface area contributed by atoms with Gasteiger partial charge in [0.2, 0.25) is 0 Å². The fourth-order valence-electron chi connectivity index (χ4n) is 1.67. The van der Waals surface area contributed by atoms with Crippen LogP contribution < -0.4 is 0 Å². The van der Waals surface area contributed by atoms with Gasteiger partial charge in [-0.25, -0.2) is 0 Å². The van der Waals surface area contributed by atoms with Gasteiger partial charge < -0.3 is 5.11 Å². The van der Waals surface area contributed by atoms with Gasteiger partial charge in [0, 0.05) is 13.0 Å². The van der Waals surface area contributed by atoms with E-state index in [0.717, 1.165) is 24.8 Å². The zero-order chi connectivity index (χ0) is 9.52. The number of carbonyl (C=O) groups is 1. The van der Waals surface area contributed by atoms with Crippen molar-refractivity contribution in [1.29, 1.82) is 0 Å². The van der Waals surface area contributed by atoms with E-state index in [-0.39, 0.29) is 12.4 Å². The molecular formula is C11H18O2. The quantitative estimate of drug-likeness (QED) is 0.723. The van der Waals surface area contributed by atoms with Crippen molar-refractivity contribution < 1.29 is 9.90 Å². The van der Waals surface area contributed by atoms with Crippen molar-refractivity contribution in [2.45, 2.75) is 44.9 Å². The number of carbonyl (C=O) groups excluding carboxylic acids is 1. The summed E-state index contributed by atoms with van der Waals surface area (Å²) in [6.07, 6.45) is 8.83. The summed E-state index contributed by atoms with van der Waals surface area (Å²) >= 11 is 0. The van der Waals surface area contributed by atoms with Gasteiger partial charge in [0.05, 0.1) is 0 Å². The van der Waals surface area contributed by atoms with Crippen LogP contribution in [0.15, 0.2) is 11.6 Å². The molecule has 0 unspecified atom stereocenters. The molecule has 2 heteroatoms. The monoisotopic (exact) mass is 182 g/mol. The van der Waals surface area contributed by atoms with Gasteiger partial charge in [-0.1, -0.05) is 12.5 Å². The van der Waals surface area contributed by atoms with Gasteiger partial charge in [0.25, 0.3) is 0 Å². The molecule has 0 spiro atoms. The number of aliphatic hydroxyl groups is 1. The molecular weight excluding hydrogens is 164 g/mol. The maximum atomic E-state index is 11.5. The van der Waals surface area contributed by atoms with Crippen molar-refractivity contribution in [2.75, 3.05) is 6.61 Å². The normalized spacial score (nSPS) is 17.8. The van der Waals surface area contributed by atoms with Crippen molar-refractivity contribution in [1.82, 2.24) is 0 Å². The number of Topliss-reactive ketones (excluding diaryl/α,β-unsaturated/α-hetero) is 1. The zero-order valence-electron chi connectivity index (χ0n) is 8.09. The van der Waals surface area contributed by atoms with Crippen LogP contribution in [0.2, 0.25) is 0 Å². The fraction of sp³-hybridized carbons (Fsp3) is 0.727. The molecule has 0 aromatic carbocycles. The van der Waals surface area contributed by atoms with E-state index in [1.165, 1.54) is 12.8 Å². The molecule has 2 nitrogen and oxygen atoms in total. The van der Waals surface area contributed by atoms with Gasteiger partial charge in [0.15, 0.2) is 5.78 Å². The maximum Gasteiger partial charge on any atom is 0.158 e. The van der Waals surface area contributed by atoms with Crippen molar-refractivity contribution >= 4 is 5.78 Å². The van der Waals surface area contributed by atoms with Crippen LogP contribution in [0.3, 0.4) is 0 Å². The van der Waals surface area contributed by atoms with Gasteiger partial charge in [0.1, 0.15) is 0 Å². The first-order chi connectivity index (χ1) is 6.34. The van der Waals surface area contributed by atoms with Crippen molar-refractivity contribution in [3.05, 3.63) is 11.6 Å². The van der Waals surface area contributed by atoms with Crippen LogP contribution in [0.1, 0.15) is 44.9 Å². The summed E-state index contributed by atoms with van der Waals surface area (Å²) in [6.45, 7) is 0.124. The Hall–Kier alpha value is -0.630. The molecule has 0 fully saturated rings. The summed E-state index contributed by atoms with van der Waals surface area (Å²) in [4.78, 5) is 11.5. The van der Waals surface area contributed by atoms with Gasteiger partial charge in [-0.05, 0) is 37.7 Å². The van der Waals surface area contributed by atoms with E-state index in [0.29, 0.717) is 12.8 Å². The minimum atomic E-state index is 0.124. The second kappa shape index (κ2) is 5.92. The summed E-state index contributed by atoms with van der Waals surface area (Å²) in [5, 5.41) is 8.60. The molecule has 13 heavy (non-hydrogen) atoms. The SMILES string of the molecule is O=C(CCCO)C1=CCCCCC1. The highest BCUT2D eigenvalue weighted by Gasteiger charge is 2.10. The lowest BCUT2D eigenvalue weighted by atomic mass is 10.0. The summed E-state index contributed by atoms with van der Waals surface area (Å²) in [7, 11) is 0. The largest absolute Gasteiger partial charge is 0.396 e. The Labute approximate surface area is 79.6 Å². The molecule has 74 valence electrons. The first-order valence-corrected chi connectivity index (χ1v) is 5.17. The Balaban J connectivity index is 2.39. The van der Waals surface area contributed by atoms with E-state index >= 15 is 0 Å². The molecule has 0 aliphatic heterocycles. The Morgan fingerprint density at radius 2 is 2.23 bits per heavy atom. The number of hydrogen-bond acceptors (Lipinski definition) is 2. The van der Waals surface area contributed by atoms with E-state index in [1.807, 2.05) is 0 Å². The minimum absolute atomic E-state index is 0.124. The van der Waals surface area contributed by atoms with E-state index < -0.39 is 0 Å². The van der Waals surface area contributed by atoms with Crippen molar-refractivity contribution in [2.24, 2.45) is 0 Å². The van der Waals surface area contributed by atoms with Crippen molar-refractivity contribution in [3.8, 4) is 0 Å². The number of allylic oxidation sites excluding steroid dienone is 2. The van der Waals surface area contributed by atoms with E-state index in [9.17, 15) is 4.79 Å². The van der Waals surface area contributed by atoms with Gasteiger partial charge in [-0.15, -0.1) is 0 Å². The van der Waals surface area contributed by atoms with Crippen LogP contribution in [0.5, 0.6) is 0 Å². The number of aliphatic hydroxyl groups excluding tert-OH is 1. The van der Waals surface area contributed by atoms with Crippen molar-refractivity contribution in [3.63, 3.8) is 0 Å². The number of ketones is 1. The van der Waals surface area contributed by atoms with Crippen LogP contribution in [-0.2, 0) is 4.79 Å². The first-order valence-electron chi connectivity index (χ1n) is 5.17. The average molecular weight is 182 g/mol. The molecule has 0 heterocycles. The third-order valence-corrected chi connectivity index (χ3v) is 2.46. The van der Waals surface area contributed by atoms with E-state index in [2.05, 4.69) is 6.08 Å². The molecule has 1 N–H and O–H groups in total. The van der Waals surface area contributed by atoms with Crippen LogP contribution >= 0.6 is 0 Å². The van der Waals surface area contributed by atoms with Gasteiger partial charge >= 0.3 is 0 Å². The Bertz CT molecular complexity index is 194. The Morgan fingerprint density at radius 1 is 1.38 bits per heavy atom. The molecule has 0 atom stereocenters. The van der Waals surface area contributed by atoms with Gasteiger partial charge in [-0.3, -0.25) is 4.79 Å². The third-order valence-electron chi connectivity index (χ3n) is 2.46. The lowest BCUT2D eigenvalue weighted by Gasteiger charge is -2.02.